The quantitative estimate of drug-likeness (QED) is 0.841. The molecule has 2 unspecified atom stereocenters. The Labute approximate surface area is 155 Å². The summed E-state index contributed by atoms with van der Waals surface area (Å²) < 4.78 is 32.1. The molecule has 1 aliphatic heterocycles. The second kappa shape index (κ2) is 7.94. The summed E-state index contributed by atoms with van der Waals surface area (Å²) in [6.45, 7) is 1.50. The minimum absolute atomic E-state index is 0.0107. The third-order valence-electron chi connectivity index (χ3n) is 5.31. The van der Waals surface area contributed by atoms with Crippen molar-refractivity contribution in [3.63, 3.8) is 0 Å². The lowest BCUT2D eigenvalue weighted by Gasteiger charge is -2.37. The summed E-state index contributed by atoms with van der Waals surface area (Å²) >= 11 is 0. The lowest BCUT2D eigenvalue weighted by molar-refractivity contribution is -0.137. The van der Waals surface area contributed by atoms with Crippen LogP contribution in [0.25, 0.3) is 0 Å². The number of ether oxygens (including phenoxy) is 1. The summed E-state index contributed by atoms with van der Waals surface area (Å²) in [5.41, 5.74) is 5.99. The number of piperazine rings is 1. The van der Waals surface area contributed by atoms with E-state index in [9.17, 15) is 13.2 Å². The highest BCUT2D eigenvalue weighted by molar-refractivity contribution is 7.89. The standard InChI is InChI=1S/C18H27N3O4S/c1-25-16-5-7-17(8-6-16)26(23,24)21-11-9-20(10-12-21)18(22)14-3-2-4-15(19)13-14/h5-8,14-15H,2-4,9-13,19H2,1H3. The topological polar surface area (TPSA) is 92.9 Å². The van der Waals surface area contributed by atoms with E-state index >= 15 is 0 Å². The van der Waals surface area contributed by atoms with E-state index in [1.165, 1.54) is 4.31 Å². The highest BCUT2D eigenvalue weighted by atomic mass is 32.2. The molecule has 1 amide bonds. The summed E-state index contributed by atoms with van der Waals surface area (Å²) in [6, 6.07) is 6.48. The van der Waals surface area contributed by atoms with Gasteiger partial charge in [-0.1, -0.05) is 6.42 Å². The summed E-state index contributed by atoms with van der Waals surface area (Å²) in [5.74, 6) is 0.732. The van der Waals surface area contributed by atoms with Crippen LogP contribution >= 0.6 is 0 Å². The van der Waals surface area contributed by atoms with E-state index < -0.39 is 10.0 Å². The molecule has 2 atom stereocenters. The molecule has 144 valence electrons. The molecule has 2 aliphatic rings. The van der Waals surface area contributed by atoms with Gasteiger partial charge in [0.25, 0.3) is 0 Å². The Balaban J connectivity index is 1.61. The predicted octanol–water partition coefficient (Wildman–Crippen LogP) is 1.05. The Morgan fingerprint density at radius 1 is 1.12 bits per heavy atom. The molecule has 0 bridgehead atoms. The van der Waals surface area contributed by atoms with Crippen molar-refractivity contribution in [1.82, 2.24) is 9.21 Å². The zero-order valence-corrected chi connectivity index (χ0v) is 16.0. The van der Waals surface area contributed by atoms with Gasteiger partial charge in [0, 0.05) is 38.1 Å². The zero-order chi connectivity index (χ0) is 18.7. The third-order valence-corrected chi connectivity index (χ3v) is 7.22. The zero-order valence-electron chi connectivity index (χ0n) is 15.1. The van der Waals surface area contributed by atoms with Crippen LogP contribution < -0.4 is 10.5 Å². The normalized spacial score (nSPS) is 25.1. The van der Waals surface area contributed by atoms with Crippen LogP contribution in [0.4, 0.5) is 0 Å². The Morgan fingerprint density at radius 2 is 1.77 bits per heavy atom. The van der Waals surface area contributed by atoms with Gasteiger partial charge in [0.1, 0.15) is 5.75 Å². The van der Waals surface area contributed by atoms with E-state index in [-0.39, 0.29) is 22.8 Å². The Bertz CT molecular complexity index is 727. The second-order valence-corrected chi connectivity index (χ2v) is 8.97. The molecular weight excluding hydrogens is 354 g/mol. The van der Waals surface area contributed by atoms with Crippen LogP contribution in [0.15, 0.2) is 29.2 Å². The second-order valence-electron chi connectivity index (χ2n) is 7.03. The van der Waals surface area contributed by atoms with E-state index in [1.54, 1.807) is 36.3 Å². The van der Waals surface area contributed by atoms with Crippen molar-refractivity contribution in [3.05, 3.63) is 24.3 Å². The Kier molecular flexibility index (Phi) is 5.84. The minimum atomic E-state index is -3.55. The Hall–Kier alpha value is -1.64. The van der Waals surface area contributed by atoms with Gasteiger partial charge in [-0.15, -0.1) is 0 Å². The van der Waals surface area contributed by atoms with Crippen LogP contribution in [0.1, 0.15) is 25.7 Å². The molecule has 1 aromatic carbocycles. The number of benzene rings is 1. The number of nitrogens with two attached hydrogens (primary N) is 1. The molecule has 0 radical (unpaired) electrons. The summed E-state index contributed by atoms with van der Waals surface area (Å²) in [5, 5.41) is 0. The van der Waals surface area contributed by atoms with Crippen molar-refractivity contribution in [1.29, 1.82) is 0 Å². The number of sulfonamides is 1. The molecule has 2 fully saturated rings. The van der Waals surface area contributed by atoms with E-state index in [2.05, 4.69) is 0 Å². The fourth-order valence-corrected chi connectivity index (χ4v) is 5.18. The molecule has 0 aromatic heterocycles. The smallest absolute Gasteiger partial charge is 0.243 e. The van der Waals surface area contributed by atoms with Gasteiger partial charge >= 0.3 is 0 Å². The molecule has 1 aromatic rings. The van der Waals surface area contributed by atoms with Crippen LogP contribution in [-0.4, -0.2) is 62.9 Å². The monoisotopic (exact) mass is 381 g/mol. The highest BCUT2D eigenvalue weighted by Gasteiger charge is 2.34. The van der Waals surface area contributed by atoms with Crippen molar-refractivity contribution in [3.8, 4) is 5.75 Å². The van der Waals surface area contributed by atoms with Crippen molar-refractivity contribution >= 4 is 15.9 Å². The number of carbonyl (C=O) groups is 1. The van der Waals surface area contributed by atoms with Gasteiger partial charge in [-0.3, -0.25) is 4.79 Å². The van der Waals surface area contributed by atoms with Crippen molar-refractivity contribution in [2.24, 2.45) is 11.7 Å². The van der Waals surface area contributed by atoms with Crippen molar-refractivity contribution < 1.29 is 17.9 Å². The van der Waals surface area contributed by atoms with Crippen LogP contribution in [0.5, 0.6) is 5.75 Å². The van der Waals surface area contributed by atoms with Crippen molar-refractivity contribution in [2.45, 2.75) is 36.6 Å². The number of methoxy groups -OCH3 is 1. The maximum absolute atomic E-state index is 12.8. The summed E-state index contributed by atoms with van der Waals surface area (Å²) in [7, 11) is -2.01. The van der Waals surface area contributed by atoms with E-state index in [1.807, 2.05) is 0 Å². The van der Waals surface area contributed by atoms with Crippen LogP contribution in [0.2, 0.25) is 0 Å². The summed E-state index contributed by atoms with van der Waals surface area (Å²) in [4.78, 5) is 14.7. The highest BCUT2D eigenvalue weighted by Crippen LogP contribution is 2.26. The average molecular weight is 381 g/mol. The number of carbonyl (C=O) groups excluding carboxylic acids is 1. The molecular formula is C18H27N3O4S. The maximum Gasteiger partial charge on any atom is 0.243 e. The third kappa shape index (κ3) is 4.02. The predicted molar refractivity (Wildman–Crippen MR) is 98.3 cm³/mol. The molecule has 3 rings (SSSR count). The van der Waals surface area contributed by atoms with Crippen LogP contribution in [0, 0.1) is 5.92 Å². The number of hydrogen-bond donors (Lipinski definition) is 1. The lowest BCUT2D eigenvalue weighted by Crippen LogP contribution is -2.52. The first kappa shape index (κ1) is 19.1. The number of rotatable bonds is 4. The van der Waals surface area contributed by atoms with Crippen molar-refractivity contribution in [2.75, 3.05) is 33.3 Å². The number of hydrogen-bond acceptors (Lipinski definition) is 5. The van der Waals surface area contributed by atoms with E-state index in [4.69, 9.17) is 10.5 Å². The summed E-state index contributed by atoms with van der Waals surface area (Å²) in [6.07, 6.45) is 3.60. The average Bonchev–Trinajstić information content (AvgIpc) is 2.67. The number of amides is 1. The van der Waals surface area contributed by atoms with Gasteiger partial charge in [-0.2, -0.15) is 4.31 Å². The first-order valence-corrected chi connectivity index (χ1v) is 10.5. The fourth-order valence-electron chi connectivity index (χ4n) is 3.76. The molecule has 1 aliphatic carbocycles. The van der Waals surface area contributed by atoms with Gasteiger partial charge in [-0.05, 0) is 43.5 Å². The van der Waals surface area contributed by atoms with E-state index in [0.29, 0.717) is 31.9 Å². The molecule has 26 heavy (non-hydrogen) atoms. The largest absolute Gasteiger partial charge is 0.497 e. The molecule has 2 N–H and O–H groups in total. The molecule has 8 heteroatoms. The molecule has 7 nitrogen and oxygen atoms in total. The molecule has 1 saturated heterocycles. The molecule has 1 saturated carbocycles. The lowest BCUT2D eigenvalue weighted by atomic mass is 9.85. The maximum atomic E-state index is 12.8. The van der Waals surface area contributed by atoms with Gasteiger partial charge in [0.15, 0.2) is 0 Å². The van der Waals surface area contributed by atoms with Gasteiger partial charge in [0.2, 0.25) is 15.9 Å². The van der Waals surface area contributed by atoms with Gasteiger partial charge in [-0.25, -0.2) is 8.42 Å². The Morgan fingerprint density at radius 3 is 2.35 bits per heavy atom. The van der Waals surface area contributed by atoms with Gasteiger partial charge in [0.05, 0.1) is 12.0 Å². The van der Waals surface area contributed by atoms with Crippen LogP contribution in [0.3, 0.4) is 0 Å². The number of nitrogens with zero attached hydrogens (tertiary/aromatic N) is 2. The van der Waals surface area contributed by atoms with Crippen LogP contribution in [-0.2, 0) is 14.8 Å². The first-order valence-electron chi connectivity index (χ1n) is 9.10. The first-order chi connectivity index (χ1) is 12.4. The fraction of sp³-hybridized carbons (Fsp3) is 0.611. The van der Waals surface area contributed by atoms with Gasteiger partial charge < -0.3 is 15.4 Å². The molecule has 0 spiro atoms. The molecule has 1 heterocycles. The minimum Gasteiger partial charge on any atom is -0.497 e. The van der Waals surface area contributed by atoms with E-state index in [0.717, 1.165) is 25.7 Å². The SMILES string of the molecule is COc1ccc(S(=O)(=O)N2CCN(C(=O)C3CCCC(N)C3)CC2)cc1.